The van der Waals surface area contributed by atoms with E-state index in [0.29, 0.717) is 5.71 Å². The Morgan fingerprint density at radius 2 is 1.07 bits per heavy atom. The molecule has 5 nitrogen and oxygen atoms in total. The molecule has 8 aromatic carbocycles. The van der Waals surface area contributed by atoms with Crippen molar-refractivity contribution in [2.75, 3.05) is 0 Å². The summed E-state index contributed by atoms with van der Waals surface area (Å²) in [5.41, 5.74) is 14.4. The van der Waals surface area contributed by atoms with E-state index in [4.69, 9.17) is 14.4 Å². The fraction of sp³-hybridized carbons (Fsp3) is 0. The van der Waals surface area contributed by atoms with E-state index in [1.165, 1.54) is 55.1 Å². The van der Waals surface area contributed by atoms with Gasteiger partial charge in [-0.05, 0) is 58.3 Å². The number of para-hydroxylation sites is 4. The van der Waals surface area contributed by atoms with E-state index in [1.807, 2.05) is 18.2 Å². The maximum absolute atomic E-state index is 6.42. The lowest BCUT2D eigenvalue weighted by Gasteiger charge is -2.15. The SMILES string of the molecule is c1ccc2c(c1)-c1ccccc1-n1c3ccccc3c3cc4c(c-2c31)c1ccccc1n4-c1nc2c(nc1-c1cccc3ccccc13)oc1ccccc12. The molecule has 5 heteroatoms. The van der Waals surface area contributed by atoms with Gasteiger partial charge in [0, 0.05) is 43.6 Å². The van der Waals surface area contributed by atoms with Crippen molar-refractivity contribution in [1.29, 1.82) is 0 Å². The van der Waals surface area contributed by atoms with Crippen LogP contribution < -0.4 is 0 Å². The maximum atomic E-state index is 6.42. The summed E-state index contributed by atoms with van der Waals surface area (Å²) >= 11 is 0. The van der Waals surface area contributed by atoms with Gasteiger partial charge >= 0.3 is 0 Å². The molecule has 0 bridgehead atoms. The first-order chi connectivity index (χ1) is 27.3. The summed E-state index contributed by atoms with van der Waals surface area (Å²) in [5, 5.41) is 7.96. The molecular formula is C50H28N4O. The van der Waals surface area contributed by atoms with Crippen molar-refractivity contribution in [3.63, 3.8) is 0 Å². The van der Waals surface area contributed by atoms with Crippen LogP contribution in [0.25, 0.3) is 122 Å². The Kier molecular flexibility index (Phi) is 5.57. The fourth-order valence-electron chi connectivity index (χ4n) is 9.43. The van der Waals surface area contributed by atoms with Crippen molar-refractivity contribution >= 4 is 76.6 Å². The van der Waals surface area contributed by atoms with Gasteiger partial charge < -0.3 is 8.98 Å². The molecule has 1 aliphatic rings. The van der Waals surface area contributed by atoms with Crippen molar-refractivity contribution in [1.82, 2.24) is 19.1 Å². The Balaban J connectivity index is 1.28. The summed E-state index contributed by atoms with van der Waals surface area (Å²) in [5.74, 6) is 0.766. The number of hydrogen-bond acceptors (Lipinski definition) is 3. The molecule has 0 aliphatic carbocycles. The number of furan rings is 1. The molecule has 0 saturated heterocycles. The zero-order chi connectivity index (χ0) is 35.8. The van der Waals surface area contributed by atoms with Crippen LogP contribution in [0, 0.1) is 0 Å². The quantitative estimate of drug-likeness (QED) is 0.180. The molecule has 0 N–H and O–H groups in total. The first kappa shape index (κ1) is 29.0. The molecule has 0 radical (unpaired) electrons. The normalized spacial score (nSPS) is 12.4. The van der Waals surface area contributed by atoms with Crippen LogP contribution in [-0.2, 0) is 0 Å². The number of nitrogens with zero attached hydrogens (tertiary/aromatic N) is 4. The van der Waals surface area contributed by atoms with E-state index >= 15 is 0 Å². The number of rotatable bonds is 2. The van der Waals surface area contributed by atoms with Crippen LogP contribution in [-0.4, -0.2) is 19.1 Å². The molecule has 5 heterocycles. The summed E-state index contributed by atoms with van der Waals surface area (Å²) in [6.45, 7) is 0. The second-order valence-electron chi connectivity index (χ2n) is 14.5. The minimum absolute atomic E-state index is 0.525. The van der Waals surface area contributed by atoms with E-state index in [1.54, 1.807) is 0 Å². The van der Waals surface area contributed by atoms with Crippen LogP contribution >= 0.6 is 0 Å². The van der Waals surface area contributed by atoms with E-state index in [2.05, 4.69) is 161 Å². The van der Waals surface area contributed by atoms with Crippen LogP contribution in [0.2, 0.25) is 0 Å². The molecule has 12 aromatic rings. The minimum atomic E-state index is 0.525. The van der Waals surface area contributed by atoms with E-state index in [9.17, 15) is 0 Å². The number of fused-ring (bicyclic) bond motifs is 16. The third-order valence-electron chi connectivity index (χ3n) is 11.7. The largest absolute Gasteiger partial charge is 0.436 e. The number of hydrogen-bond donors (Lipinski definition) is 0. The number of benzene rings is 8. The van der Waals surface area contributed by atoms with Gasteiger partial charge in [0.1, 0.15) is 16.8 Å². The van der Waals surface area contributed by atoms with Gasteiger partial charge in [0.2, 0.25) is 5.71 Å². The van der Waals surface area contributed by atoms with Crippen molar-refractivity contribution in [3.05, 3.63) is 170 Å². The van der Waals surface area contributed by atoms with Gasteiger partial charge in [0.15, 0.2) is 5.82 Å². The lowest BCUT2D eigenvalue weighted by molar-refractivity contribution is 0.653. The zero-order valence-corrected chi connectivity index (χ0v) is 29.4. The number of aromatic nitrogens is 4. The van der Waals surface area contributed by atoms with Gasteiger partial charge in [-0.25, -0.2) is 9.97 Å². The van der Waals surface area contributed by atoms with Gasteiger partial charge in [-0.1, -0.05) is 133 Å². The lowest BCUT2D eigenvalue weighted by atomic mass is 9.91. The second-order valence-corrected chi connectivity index (χ2v) is 14.5. The van der Waals surface area contributed by atoms with Crippen molar-refractivity contribution in [2.24, 2.45) is 0 Å². The highest BCUT2D eigenvalue weighted by atomic mass is 16.3. The highest BCUT2D eigenvalue weighted by Gasteiger charge is 2.30. The smallest absolute Gasteiger partial charge is 0.247 e. The summed E-state index contributed by atoms with van der Waals surface area (Å²) in [6, 6.07) is 60.7. The molecule has 1 aliphatic heterocycles. The van der Waals surface area contributed by atoms with Crippen LogP contribution in [0.5, 0.6) is 0 Å². The lowest BCUT2D eigenvalue weighted by Crippen LogP contribution is -2.03. The van der Waals surface area contributed by atoms with Crippen molar-refractivity contribution < 1.29 is 4.42 Å². The van der Waals surface area contributed by atoms with Crippen LogP contribution in [0.15, 0.2) is 174 Å². The van der Waals surface area contributed by atoms with Crippen LogP contribution in [0.1, 0.15) is 0 Å². The van der Waals surface area contributed by atoms with Crippen molar-refractivity contribution in [2.45, 2.75) is 0 Å². The minimum Gasteiger partial charge on any atom is -0.436 e. The highest BCUT2D eigenvalue weighted by Crippen LogP contribution is 2.52. The van der Waals surface area contributed by atoms with Gasteiger partial charge in [-0.15, -0.1) is 0 Å². The summed E-state index contributed by atoms with van der Waals surface area (Å²) in [4.78, 5) is 11.0. The first-order valence-corrected chi connectivity index (χ1v) is 18.7. The van der Waals surface area contributed by atoms with E-state index in [-0.39, 0.29) is 0 Å². The first-order valence-electron chi connectivity index (χ1n) is 18.7. The molecule has 0 amide bonds. The third kappa shape index (κ3) is 3.76. The Hall–Kier alpha value is -7.50. The van der Waals surface area contributed by atoms with E-state index < -0.39 is 0 Å². The predicted octanol–water partition coefficient (Wildman–Crippen LogP) is 13.0. The van der Waals surface area contributed by atoms with Crippen LogP contribution in [0.3, 0.4) is 0 Å². The maximum Gasteiger partial charge on any atom is 0.247 e. The monoisotopic (exact) mass is 700 g/mol. The average molecular weight is 701 g/mol. The van der Waals surface area contributed by atoms with E-state index in [0.717, 1.165) is 60.8 Å². The van der Waals surface area contributed by atoms with Gasteiger partial charge in [-0.2, -0.15) is 0 Å². The van der Waals surface area contributed by atoms with Crippen molar-refractivity contribution in [3.8, 4) is 45.0 Å². The fourth-order valence-corrected chi connectivity index (χ4v) is 9.43. The molecule has 0 saturated carbocycles. The van der Waals surface area contributed by atoms with Gasteiger partial charge in [-0.3, -0.25) is 4.57 Å². The molecule has 13 rings (SSSR count). The Bertz CT molecular complexity index is 3610. The standard InChI is InChI=1S/C50H28N4O/c1-2-16-30-29(14-1)15-13-23-35(30)46-49(51-47-37-22-8-12-27-43(37)55-50(47)52-46)54-41-26-11-7-21-36(41)44-42(54)28-38-33-19-6-10-25-40(33)53-39-24-9-5-18-32(39)31-17-3-4-20-34(31)45(44)48(38)53/h1-28H. The molecule has 254 valence electrons. The Labute approximate surface area is 313 Å². The zero-order valence-electron chi connectivity index (χ0n) is 29.4. The highest BCUT2D eigenvalue weighted by molar-refractivity contribution is 6.28. The average Bonchev–Trinajstić information content (AvgIpc) is 3.86. The molecule has 0 unspecified atom stereocenters. The summed E-state index contributed by atoms with van der Waals surface area (Å²) in [7, 11) is 0. The topological polar surface area (TPSA) is 48.8 Å². The molecule has 0 spiro atoms. The summed E-state index contributed by atoms with van der Waals surface area (Å²) in [6.07, 6.45) is 0. The summed E-state index contributed by atoms with van der Waals surface area (Å²) < 4.78 is 11.3. The molecule has 0 fully saturated rings. The molecular weight excluding hydrogens is 673 g/mol. The van der Waals surface area contributed by atoms with Gasteiger partial charge in [0.05, 0.1) is 27.8 Å². The Morgan fingerprint density at radius 3 is 1.95 bits per heavy atom. The van der Waals surface area contributed by atoms with Crippen LogP contribution in [0.4, 0.5) is 0 Å². The molecule has 0 atom stereocenters. The Morgan fingerprint density at radius 1 is 0.436 bits per heavy atom. The predicted molar refractivity (Wildman–Crippen MR) is 225 cm³/mol. The molecule has 55 heavy (non-hydrogen) atoms. The van der Waals surface area contributed by atoms with Gasteiger partial charge in [0.25, 0.3) is 0 Å². The third-order valence-corrected chi connectivity index (χ3v) is 11.7. The second kappa shape index (κ2) is 10.6. The molecule has 4 aromatic heterocycles.